The predicted molar refractivity (Wildman–Crippen MR) is 184 cm³/mol. The van der Waals surface area contributed by atoms with Crippen LogP contribution in [0, 0.1) is 20.9 Å². The van der Waals surface area contributed by atoms with Gasteiger partial charge in [-0.25, -0.2) is 4.57 Å². The van der Waals surface area contributed by atoms with Crippen molar-refractivity contribution in [2.24, 2.45) is 0 Å². The van der Waals surface area contributed by atoms with Crippen molar-refractivity contribution in [3.05, 3.63) is 122 Å². The van der Waals surface area contributed by atoms with Gasteiger partial charge in [0, 0.05) is 16.3 Å². The Kier molecular flexibility index (Phi) is 7.78. The summed E-state index contributed by atoms with van der Waals surface area (Å²) in [6.07, 6.45) is 0. The maximum atomic E-state index is 15.6. The summed E-state index contributed by atoms with van der Waals surface area (Å²) in [7, 11) is -3.99. The van der Waals surface area contributed by atoms with E-state index < -0.39 is 7.60 Å². The molecule has 1 aliphatic carbocycles. The predicted octanol–water partition coefficient (Wildman–Crippen LogP) is 10.7. The number of hydrogen-bond donors (Lipinski definition) is 0. The molecule has 0 fully saturated rings. The van der Waals surface area contributed by atoms with E-state index in [0.717, 1.165) is 32.0 Å². The van der Waals surface area contributed by atoms with Crippen molar-refractivity contribution in [3.63, 3.8) is 0 Å². The van der Waals surface area contributed by atoms with Crippen LogP contribution in [0.25, 0.3) is 0 Å². The Balaban J connectivity index is 1.77. The monoisotopic (exact) mass is 608 g/mol. The van der Waals surface area contributed by atoms with Gasteiger partial charge in [0.15, 0.2) is 0 Å². The molecule has 0 heterocycles. The number of fused-ring (bicyclic) bond motifs is 2. The fourth-order valence-corrected chi connectivity index (χ4v) is 7.70. The van der Waals surface area contributed by atoms with E-state index in [1.54, 1.807) is 0 Å². The van der Waals surface area contributed by atoms with Gasteiger partial charge in [-0.2, -0.15) is 0 Å². The second-order valence-corrected chi connectivity index (χ2v) is 18.2. The average molecular weight is 609 g/mol. The zero-order chi connectivity index (χ0) is 32.5. The van der Waals surface area contributed by atoms with Gasteiger partial charge in [-0.15, -0.1) is 0 Å². The summed E-state index contributed by atoms with van der Waals surface area (Å²) in [5, 5.41) is 4.84. The number of rotatable bonds is 5. The molecule has 4 aromatic carbocycles. The van der Waals surface area contributed by atoms with Gasteiger partial charge >= 0.3 is 7.60 Å². The van der Waals surface area contributed by atoms with Gasteiger partial charge in [-0.05, 0) is 66.6 Å². The highest BCUT2D eigenvalue weighted by atomic mass is 31.2. The van der Waals surface area contributed by atoms with Gasteiger partial charge in [0.25, 0.3) is 0 Å². The Labute approximate surface area is 264 Å². The van der Waals surface area contributed by atoms with E-state index in [1.165, 1.54) is 11.1 Å². The minimum atomic E-state index is -3.99. The molecular weight excluding hydrogens is 559 g/mol. The second kappa shape index (κ2) is 10.7. The first-order valence-electron chi connectivity index (χ1n) is 15.7. The molecule has 0 saturated carbocycles. The summed E-state index contributed by atoms with van der Waals surface area (Å²) >= 11 is 0. The first kappa shape index (κ1) is 32.1. The summed E-state index contributed by atoms with van der Waals surface area (Å²) in [5.41, 5.74) is 3.84. The van der Waals surface area contributed by atoms with E-state index in [9.17, 15) is 0 Å². The van der Waals surface area contributed by atoms with Crippen LogP contribution >= 0.6 is 7.60 Å². The molecule has 44 heavy (non-hydrogen) atoms. The third-order valence-electron chi connectivity index (χ3n) is 8.57. The standard InChI is InChI=1S/C40H49O3P/c1-37(2,3)26-20-22-33(31(24-26)39(7,8)9)42-44(41,35-19-15-18-30-28-16-13-14-17-29(28)36(30)35)43-34-23-21-27(38(4,5)6)25-32(34)40(10,11)12/h13-25H,1-12H3. The fraction of sp³-hybridized carbons (Fsp3) is 0.400. The van der Waals surface area contributed by atoms with Gasteiger partial charge in [0.1, 0.15) is 11.5 Å². The quantitative estimate of drug-likeness (QED) is 0.186. The number of hydrogen-bond acceptors (Lipinski definition) is 3. The van der Waals surface area contributed by atoms with Crippen LogP contribution in [0.4, 0.5) is 0 Å². The summed E-state index contributed by atoms with van der Waals surface area (Å²) in [4.78, 5) is 0. The molecule has 1 aliphatic rings. The smallest absolute Gasteiger partial charge is 0.412 e. The highest BCUT2D eigenvalue weighted by Gasteiger charge is 2.38. The van der Waals surface area contributed by atoms with Crippen LogP contribution < -0.4 is 14.4 Å². The molecule has 232 valence electrons. The van der Waals surface area contributed by atoms with Gasteiger partial charge in [-0.3, -0.25) is 0 Å². The molecule has 0 bridgehead atoms. The summed E-state index contributed by atoms with van der Waals surface area (Å²) in [5.74, 6) is 1.17. The fourth-order valence-electron chi connectivity index (χ4n) is 5.85. The van der Waals surface area contributed by atoms with Crippen molar-refractivity contribution < 1.29 is 13.6 Å². The minimum absolute atomic E-state index is 0.0405. The molecule has 0 amide bonds. The molecular formula is C40H49O3P. The Morgan fingerprint density at radius 1 is 0.477 bits per heavy atom. The second-order valence-electron chi connectivity index (χ2n) is 16.3. The molecule has 4 heteroatoms. The van der Waals surface area contributed by atoms with Gasteiger partial charge in [0.2, 0.25) is 0 Å². The van der Waals surface area contributed by atoms with Crippen LogP contribution in [0.2, 0.25) is 0 Å². The Bertz CT molecular complexity index is 1900. The lowest BCUT2D eigenvalue weighted by atomic mass is 9.80. The molecule has 0 saturated heterocycles. The van der Waals surface area contributed by atoms with Crippen molar-refractivity contribution in [3.8, 4) is 11.5 Å². The molecule has 0 unspecified atom stereocenters. The summed E-state index contributed by atoms with van der Waals surface area (Å²) < 4.78 is 29.2. The lowest BCUT2D eigenvalue weighted by molar-refractivity contribution is 0.387. The highest BCUT2D eigenvalue weighted by Crippen LogP contribution is 2.52. The molecule has 0 aromatic heterocycles. The van der Waals surface area contributed by atoms with Crippen molar-refractivity contribution in [1.82, 2.24) is 0 Å². The van der Waals surface area contributed by atoms with E-state index in [2.05, 4.69) is 126 Å². The average Bonchev–Trinajstić information content (AvgIpc) is 2.89. The molecule has 0 N–H and O–H groups in total. The zero-order valence-corrected chi connectivity index (χ0v) is 29.6. The van der Waals surface area contributed by atoms with Gasteiger partial charge in [0.05, 0.1) is 5.30 Å². The summed E-state index contributed by atoms with van der Waals surface area (Å²) in [6.45, 7) is 26.3. The van der Waals surface area contributed by atoms with Crippen LogP contribution in [0.1, 0.15) is 105 Å². The largest absolute Gasteiger partial charge is 0.463 e. The lowest BCUT2D eigenvalue weighted by Crippen LogP contribution is -2.23. The summed E-state index contributed by atoms with van der Waals surface area (Å²) in [6, 6.07) is 26.8. The van der Waals surface area contributed by atoms with Crippen LogP contribution in [-0.4, -0.2) is 0 Å². The molecule has 4 aromatic rings. The molecule has 0 spiro atoms. The van der Waals surface area contributed by atoms with Gasteiger partial charge in [-0.1, -0.05) is 144 Å². The maximum Gasteiger partial charge on any atom is 0.463 e. The molecule has 5 rings (SSSR count). The van der Waals surface area contributed by atoms with Crippen molar-refractivity contribution in [2.75, 3.05) is 0 Å². The van der Waals surface area contributed by atoms with E-state index in [0.29, 0.717) is 16.8 Å². The maximum absolute atomic E-state index is 15.6. The molecule has 3 nitrogen and oxygen atoms in total. The SMILES string of the molecule is CC(C)(C)c1ccc(OP(=O)(Oc2ccc(C(C)(C)C)cc2C(C)(C)C)c2cccc3c2=c2ccccc2=3)c(C(C)(C)C)c1. The molecule has 0 aliphatic heterocycles. The molecule has 0 atom stereocenters. The van der Waals surface area contributed by atoms with Crippen molar-refractivity contribution >= 4 is 12.9 Å². The van der Waals surface area contributed by atoms with Crippen molar-refractivity contribution in [1.29, 1.82) is 0 Å². The van der Waals surface area contributed by atoms with Crippen LogP contribution in [0.3, 0.4) is 0 Å². The highest BCUT2D eigenvalue weighted by molar-refractivity contribution is 7.63. The normalized spacial score (nSPS) is 13.5. The minimum Gasteiger partial charge on any atom is -0.412 e. The van der Waals surface area contributed by atoms with E-state index in [1.807, 2.05) is 36.4 Å². The topological polar surface area (TPSA) is 35.5 Å². The third kappa shape index (κ3) is 6.01. The van der Waals surface area contributed by atoms with Gasteiger partial charge < -0.3 is 9.05 Å². The van der Waals surface area contributed by atoms with E-state index in [4.69, 9.17) is 9.05 Å². The first-order chi connectivity index (χ1) is 20.2. The van der Waals surface area contributed by atoms with Crippen LogP contribution in [0.15, 0.2) is 78.9 Å². The lowest BCUT2D eigenvalue weighted by Gasteiger charge is -2.31. The Morgan fingerprint density at radius 2 is 0.909 bits per heavy atom. The Hall–Kier alpha value is -3.29. The number of benzene rings is 4. The van der Waals surface area contributed by atoms with Crippen LogP contribution in [0.5, 0.6) is 11.5 Å². The zero-order valence-electron chi connectivity index (χ0n) is 28.7. The third-order valence-corrected chi connectivity index (χ3v) is 10.4. The van der Waals surface area contributed by atoms with E-state index in [-0.39, 0.29) is 21.7 Å². The molecule has 0 radical (unpaired) electrons. The first-order valence-corrected chi connectivity index (χ1v) is 17.3. The Morgan fingerprint density at radius 3 is 1.34 bits per heavy atom. The van der Waals surface area contributed by atoms with Crippen molar-refractivity contribution in [2.45, 2.75) is 105 Å². The van der Waals surface area contributed by atoms with E-state index >= 15 is 4.57 Å². The van der Waals surface area contributed by atoms with Crippen LogP contribution in [-0.2, 0) is 26.2 Å².